The largest absolute Gasteiger partial charge is 0.437 e. The molecule has 4 nitrogen and oxygen atoms in total. The number of nitrogens with zero attached hydrogens (tertiary/aromatic N) is 2. The molecule has 2 aromatic rings. The van der Waals surface area contributed by atoms with Gasteiger partial charge in [0.15, 0.2) is 0 Å². The van der Waals surface area contributed by atoms with Crippen molar-refractivity contribution in [3.8, 4) is 11.6 Å². The Morgan fingerprint density at radius 3 is 2.62 bits per heavy atom. The average molecular weight is 415 g/mol. The third kappa shape index (κ3) is 3.95. The zero-order chi connectivity index (χ0) is 15.4. The molecular weight excluding hydrogens is 398 g/mol. The van der Waals surface area contributed by atoms with Gasteiger partial charge in [0.05, 0.1) is 10.0 Å². The van der Waals surface area contributed by atoms with E-state index in [9.17, 15) is 0 Å². The summed E-state index contributed by atoms with van der Waals surface area (Å²) < 4.78 is 7.83. The van der Waals surface area contributed by atoms with E-state index in [2.05, 4.69) is 54.1 Å². The van der Waals surface area contributed by atoms with Gasteiger partial charge in [0.2, 0.25) is 5.88 Å². The first kappa shape index (κ1) is 16.2. The monoisotopic (exact) mass is 413 g/mol. The first-order valence-corrected chi connectivity index (χ1v) is 8.32. The molecule has 2 rings (SSSR count). The zero-order valence-electron chi connectivity index (χ0n) is 12.2. The number of hydrogen-bond donors (Lipinski definition) is 1. The SMILES string of the molecule is CCCc1nc(NC)c(C)c(Oc2ccc(Br)cc2Br)n1. The molecule has 0 aliphatic rings. The molecule has 0 saturated carbocycles. The maximum absolute atomic E-state index is 5.97. The van der Waals surface area contributed by atoms with Crippen molar-refractivity contribution in [2.24, 2.45) is 0 Å². The molecule has 0 aliphatic carbocycles. The lowest BCUT2D eigenvalue weighted by atomic mass is 10.2. The Kier molecular flexibility index (Phi) is 5.58. The van der Waals surface area contributed by atoms with E-state index < -0.39 is 0 Å². The van der Waals surface area contributed by atoms with E-state index in [1.54, 1.807) is 0 Å². The van der Waals surface area contributed by atoms with Crippen LogP contribution in [0.3, 0.4) is 0 Å². The fourth-order valence-corrected chi connectivity index (χ4v) is 3.01. The second-order valence-electron chi connectivity index (χ2n) is 4.60. The maximum atomic E-state index is 5.97. The summed E-state index contributed by atoms with van der Waals surface area (Å²) >= 11 is 6.93. The van der Waals surface area contributed by atoms with Crippen LogP contribution in [0.2, 0.25) is 0 Å². The van der Waals surface area contributed by atoms with E-state index in [1.165, 1.54) is 0 Å². The predicted octanol–water partition coefficient (Wildman–Crippen LogP) is 5.10. The molecule has 21 heavy (non-hydrogen) atoms. The molecule has 0 spiro atoms. The van der Waals surface area contributed by atoms with E-state index in [0.29, 0.717) is 5.88 Å². The molecule has 0 fully saturated rings. The van der Waals surface area contributed by atoms with Crippen molar-refractivity contribution in [3.05, 3.63) is 38.5 Å². The van der Waals surface area contributed by atoms with Gasteiger partial charge >= 0.3 is 0 Å². The van der Waals surface area contributed by atoms with Crippen LogP contribution in [0.25, 0.3) is 0 Å². The normalized spacial score (nSPS) is 10.5. The fourth-order valence-electron chi connectivity index (χ4n) is 1.88. The molecule has 0 saturated heterocycles. The third-order valence-corrected chi connectivity index (χ3v) is 4.07. The Morgan fingerprint density at radius 2 is 2.00 bits per heavy atom. The minimum absolute atomic E-state index is 0.584. The summed E-state index contributed by atoms with van der Waals surface area (Å²) in [7, 11) is 1.85. The molecule has 0 radical (unpaired) electrons. The van der Waals surface area contributed by atoms with Crippen LogP contribution in [-0.2, 0) is 6.42 Å². The molecule has 0 aliphatic heterocycles. The van der Waals surface area contributed by atoms with E-state index in [1.807, 2.05) is 32.2 Å². The van der Waals surface area contributed by atoms with Crippen molar-refractivity contribution in [2.45, 2.75) is 26.7 Å². The van der Waals surface area contributed by atoms with Crippen molar-refractivity contribution in [1.29, 1.82) is 0 Å². The van der Waals surface area contributed by atoms with E-state index in [-0.39, 0.29) is 0 Å². The first-order valence-electron chi connectivity index (χ1n) is 6.73. The Bertz CT molecular complexity index is 647. The van der Waals surface area contributed by atoms with Crippen LogP contribution in [-0.4, -0.2) is 17.0 Å². The number of rotatable bonds is 5. The lowest BCUT2D eigenvalue weighted by molar-refractivity contribution is 0.452. The van der Waals surface area contributed by atoms with Crippen LogP contribution in [0, 0.1) is 6.92 Å². The van der Waals surface area contributed by atoms with E-state index in [0.717, 1.165) is 44.7 Å². The zero-order valence-corrected chi connectivity index (χ0v) is 15.4. The highest BCUT2D eigenvalue weighted by Gasteiger charge is 2.13. The van der Waals surface area contributed by atoms with Crippen molar-refractivity contribution >= 4 is 37.7 Å². The summed E-state index contributed by atoms with van der Waals surface area (Å²) in [4.78, 5) is 9.02. The molecule has 0 unspecified atom stereocenters. The maximum Gasteiger partial charge on any atom is 0.227 e. The van der Waals surface area contributed by atoms with Crippen molar-refractivity contribution < 1.29 is 4.74 Å². The smallest absolute Gasteiger partial charge is 0.227 e. The van der Waals surface area contributed by atoms with Crippen LogP contribution < -0.4 is 10.1 Å². The summed E-state index contributed by atoms with van der Waals surface area (Å²) in [5, 5.41) is 3.09. The van der Waals surface area contributed by atoms with Gasteiger partial charge in [-0.05, 0) is 47.5 Å². The molecule has 1 heterocycles. The Balaban J connectivity index is 2.40. The summed E-state index contributed by atoms with van der Waals surface area (Å²) in [6.45, 7) is 4.05. The lowest BCUT2D eigenvalue weighted by Crippen LogP contribution is -2.05. The predicted molar refractivity (Wildman–Crippen MR) is 92.2 cm³/mol. The van der Waals surface area contributed by atoms with Gasteiger partial charge in [0, 0.05) is 17.9 Å². The van der Waals surface area contributed by atoms with Crippen molar-refractivity contribution in [3.63, 3.8) is 0 Å². The number of benzene rings is 1. The molecule has 1 aromatic carbocycles. The van der Waals surface area contributed by atoms with Gasteiger partial charge in [-0.3, -0.25) is 0 Å². The molecule has 0 atom stereocenters. The van der Waals surface area contributed by atoms with Crippen LogP contribution in [0.15, 0.2) is 27.1 Å². The highest BCUT2D eigenvalue weighted by atomic mass is 79.9. The van der Waals surface area contributed by atoms with Crippen LogP contribution in [0.1, 0.15) is 24.7 Å². The number of aromatic nitrogens is 2. The Morgan fingerprint density at radius 1 is 1.24 bits per heavy atom. The number of nitrogens with one attached hydrogen (secondary N) is 1. The van der Waals surface area contributed by atoms with Gasteiger partial charge < -0.3 is 10.1 Å². The first-order chi connectivity index (χ1) is 10.0. The number of anilines is 1. The molecule has 0 bridgehead atoms. The van der Waals surface area contributed by atoms with Crippen LogP contribution >= 0.6 is 31.9 Å². The fraction of sp³-hybridized carbons (Fsp3) is 0.333. The van der Waals surface area contributed by atoms with Gasteiger partial charge in [-0.25, -0.2) is 4.98 Å². The number of hydrogen-bond acceptors (Lipinski definition) is 4. The van der Waals surface area contributed by atoms with Gasteiger partial charge in [-0.1, -0.05) is 22.9 Å². The molecule has 1 N–H and O–H groups in total. The van der Waals surface area contributed by atoms with E-state index >= 15 is 0 Å². The average Bonchev–Trinajstić information content (AvgIpc) is 2.45. The summed E-state index contributed by atoms with van der Waals surface area (Å²) in [6.07, 6.45) is 1.82. The summed E-state index contributed by atoms with van der Waals surface area (Å²) in [5.41, 5.74) is 0.896. The van der Waals surface area contributed by atoms with Gasteiger partial charge in [-0.15, -0.1) is 0 Å². The van der Waals surface area contributed by atoms with Gasteiger partial charge in [-0.2, -0.15) is 4.98 Å². The van der Waals surface area contributed by atoms with Crippen molar-refractivity contribution in [1.82, 2.24) is 9.97 Å². The summed E-state index contributed by atoms with van der Waals surface area (Å²) in [6, 6.07) is 5.77. The van der Waals surface area contributed by atoms with Crippen molar-refractivity contribution in [2.75, 3.05) is 12.4 Å². The number of halogens is 2. The second kappa shape index (κ2) is 7.22. The van der Waals surface area contributed by atoms with Gasteiger partial charge in [0.25, 0.3) is 0 Å². The Hall–Kier alpha value is -1.14. The standard InChI is InChI=1S/C15H17Br2N3O/c1-4-5-13-19-14(18-3)9(2)15(20-13)21-12-7-6-10(16)8-11(12)17/h6-8H,4-5H2,1-3H3,(H,18,19,20). The quantitative estimate of drug-likeness (QED) is 0.739. The number of ether oxygens (including phenoxy) is 1. The highest BCUT2D eigenvalue weighted by Crippen LogP contribution is 2.33. The van der Waals surface area contributed by atoms with Crippen LogP contribution in [0.4, 0.5) is 5.82 Å². The molecular formula is C15H17Br2N3O. The minimum Gasteiger partial charge on any atom is -0.437 e. The second-order valence-corrected chi connectivity index (χ2v) is 6.37. The molecule has 1 aromatic heterocycles. The molecule has 6 heteroatoms. The summed E-state index contributed by atoms with van der Waals surface area (Å²) in [5.74, 6) is 2.90. The minimum atomic E-state index is 0.584. The van der Waals surface area contributed by atoms with E-state index in [4.69, 9.17) is 4.74 Å². The van der Waals surface area contributed by atoms with Crippen LogP contribution in [0.5, 0.6) is 11.6 Å². The number of aryl methyl sites for hydroxylation is 1. The highest BCUT2D eigenvalue weighted by molar-refractivity contribution is 9.11. The van der Waals surface area contributed by atoms with Gasteiger partial charge in [0.1, 0.15) is 17.4 Å². The molecule has 0 amide bonds. The Labute approximate surface area is 141 Å². The third-order valence-electron chi connectivity index (χ3n) is 2.96. The topological polar surface area (TPSA) is 47.0 Å². The molecule has 112 valence electrons. The lowest BCUT2D eigenvalue weighted by Gasteiger charge is -2.13.